The molecule has 1 aliphatic heterocycles. The molecule has 1 spiro atoms. The maximum atomic E-state index is 6.40. The summed E-state index contributed by atoms with van der Waals surface area (Å²) in [5.41, 5.74) is 7.65. The van der Waals surface area contributed by atoms with Crippen molar-refractivity contribution < 1.29 is 0 Å². The number of fused-ring (bicyclic) bond motifs is 9. The molecule has 0 radical (unpaired) electrons. The van der Waals surface area contributed by atoms with Crippen molar-refractivity contribution in [3.63, 3.8) is 0 Å². The molecule has 1 aliphatic carbocycles. The average Bonchev–Trinajstić information content (AvgIpc) is 2.99. The quantitative estimate of drug-likeness (QED) is 0.221. The summed E-state index contributed by atoms with van der Waals surface area (Å²) in [5, 5.41) is 0.781. The van der Waals surface area contributed by atoms with Crippen molar-refractivity contribution in [3.05, 3.63) is 117 Å². The lowest BCUT2D eigenvalue weighted by Gasteiger charge is -2.39. The Kier molecular flexibility index (Phi) is 3.62. The van der Waals surface area contributed by atoms with Crippen molar-refractivity contribution in [2.24, 2.45) is 0 Å². The van der Waals surface area contributed by atoms with Gasteiger partial charge in [0.05, 0.1) is 5.41 Å². The number of rotatable bonds is 0. The summed E-state index contributed by atoms with van der Waals surface area (Å²) in [6.45, 7) is 0. The Morgan fingerprint density at radius 1 is 0.643 bits per heavy atom. The van der Waals surface area contributed by atoms with Gasteiger partial charge in [0, 0.05) is 19.3 Å². The number of benzene rings is 4. The van der Waals surface area contributed by atoms with E-state index in [-0.39, 0.29) is 5.41 Å². The molecule has 0 bridgehead atoms. The van der Waals surface area contributed by atoms with Crippen LogP contribution in [0.5, 0.6) is 0 Å². The fraction of sp³-hybridized carbons (Fsp3) is 0.0400. The molecule has 0 aromatic heterocycles. The van der Waals surface area contributed by atoms with Gasteiger partial charge in [-0.3, -0.25) is 0 Å². The van der Waals surface area contributed by atoms with Crippen LogP contribution in [0, 0.1) is 0 Å². The number of hydrogen-bond donors (Lipinski definition) is 0. The molecule has 4 aromatic carbocycles. The summed E-state index contributed by atoms with van der Waals surface area (Å²) in [7, 11) is 0. The molecule has 6 rings (SSSR count). The molecule has 0 N–H and O–H groups in total. The van der Waals surface area contributed by atoms with E-state index in [1.54, 1.807) is 0 Å². The monoisotopic (exact) mass is 460 g/mol. The van der Waals surface area contributed by atoms with E-state index < -0.39 is 0 Å². The summed E-state index contributed by atoms with van der Waals surface area (Å²) >= 11 is 11.9. The Bertz CT molecular complexity index is 1280. The van der Waals surface area contributed by atoms with Gasteiger partial charge in [-0.15, -0.1) is 0 Å². The van der Waals surface area contributed by atoms with Gasteiger partial charge >= 0.3 is 0 Å². The molecule has 4 aromatic rings. The van der Waals surface area contributed by atoms with E-state index in [0.29, 0.717) is 0 Å². The molecule has 28 heavy (non-hydrogen) atoms. The number of hydrogen-bond acceptors (Lipinski definition) is 1. The van der Waals surface area contributed by atoms with E-state index in [4.69, 9.17) is 11.6 Å². The highest BCUT2D eigenvalue weighted by Crippen LogP contribution is 2.62. The summed E-state index contributed by atoms with van der Waals surface area (Å²) in [5.74, 6) is 0. The van der Waals surface area contributed by atoms with Crippen LogP contribution in [0.2, 0.25) is 5.02 Å². The molecule has 0 saturated heterocycles. The second-order valence-electron chi connectivity index (χ2n) is 7.22. The van der Waals surface area contributed by atoms with Gasteiger partial charge in [-0.05, 0) is 63.7 Å². The van der Waals surface area contributed by atoms with E-state index in [1.165, 1.54) is 43.2 Å². The second kappa shape index (κ2) is 6.00. The maximum Gasteiger partial charge on any atom is 0.0735 e. The van der Waals surface area contributed by atoms with Crippen molar-refractivity contribution in [2.45, 2.75) is 15.2 Å². The lowest BCUT2D eigenvalue weighted by atomic mass is 9.67. The van der Waals surface area contributed by atoms with Crippen molar-refractivity contribution in [1.82, 2.24) is 0 Å². The first-order valence-electron chi connectivity index (χ1n) is 9.17. The van der Waals surface area contributed by atoms with Crippen LogP contribution in [-0.4, -0.2) is 0 Å². The molecule has 1 heterocycles. The van der Waals surface area contributed by atoms with Gasteiger partial charge in [0.1, 0.15) is 0 Å². The summed E-state index contributed by atoms with van der Waals surface area (Å²) in [6, 6.07) is 30.7. The molecule has 0 saturated carbocycles. The Hall–Kier alpha value is -2.00. The van der Waals surface area contributed by atoms with Gasteiger partial charge < -0.3 is 0 Å². The molecule has 0 fully saturated rings. The predicted octanol–water partition coefficient (Wildman–Crippen LogP) is 7.93. The van der Waals surface area contributed by atoms with E-state index in [2.05, 4.69) is 94.8 Å². The minimum absolute atomic E-state index is 0.311. The van der Waals surface area contributed by atoms with Crippen LogP contribution >= 0.6 is 39.3 Å². The standard InChI is InChI=1S/C25H14BrClS/c26-15-9-11-20-18(13-15)17-5-1-2-6-19(17)25(20)21-7-3-4-8-23(21)28-24-14-16(27)10-12-22(24)25/h1-14H. The first kappa shape index (κ1) is 16.9. The molecule has 3 heteroatoms. The molecule has 1 atom stereocenters. The fourth-order valence-corrected chi connectivity index (χ4v) is 6.69. The first-order valence-corrected chi connectivity index (χ1v) is 11.2. The topological polar surface area (TPSA) is 0 Å². The van der Waals surface area contributed by atoms with E-state index in [9.17, 15) is 0 Å². The predicted molar refractivity (Wildman–Crippen MR) is 121 cm³/mol. The van der Waals surface area contributed by atoms with Gasteiger partial charge in [-0.2, -0.15) is 0 Å². The average molecular weight is 462 g/mol. The summed E-state index contributed by atoms with van der Waals surface area (Å²) < 4.78 is 1.10. The highest BCUT2D eigenvalue weighted by atomic mass is 79.9. The van der Waals surface area contributed by atoms with Crippen molar-refractivity contribution in [2.75, 3.05) is 0 Å². The minimum Gasteiger partial charge on any atom is -0.0894 e. The zero-order valence-corrected chi connectivity index (χ0v) is 17.9. The van der Waals surface area contributed by atoms with Crippen LogP contribution < -0.4 is 0 Å². The van der Waals surface area contributed by atoms with Gasteiger partial charge in [0.2, 0.25) is 0 Å². The van der Waals surface area contributed by atoms with Crippen molar-refractivity contribution >= 4 is 39.3 Å². The lowest BCUT2D eigenvalue weighted by Crippen LogP contribution is -2.31. The molecule has 0 nitrogen and oxygen atoms in total. The van der Waals surface area contributed by atoms with Crippen LogP contribution in [0.3, 0.4) is 0 Å². The zero-order valence-electron chi connectivity index (χ0n) is 14.7. The van der Waals surface area contributed by atoms with E-state index >= 15 is 0 Å². The molecule has 2 aliphatic rings. The van der Waals surface area contributed by atoms with E-state index in [0.717, 1.165) is 9.50 Å². The van der Waals surface area contributed by atoms with Crippen molar-refractivity contribution in [1.29, 1.82) is 0 Å². The fourth-order valence-electron chi connectivity index (χ4n) is 4.86. The zero-order chi connectivity index (χ0) is 18.9. The molecule has 134 valence electrons. The van der Waals surface area contributed by atoms with E-state index in [1.807, 2.05) is 17.8 Å². The van der Waals surface area contributed by atoms with Crippen LogP contribution in [0.4, 0.5) is 0 Å². The summed E-state index contributed by atoms with van der Waals surface area (Å²) in [4.78, 5) is 2.53. The highest BCUT2D eigenvalue weighted by molar-refractivity contribution is 9.10. The lowest BCUT2D eigenvalue weighted by molar-refractivity contribution is 0.722. The second-order valence-corrected chi connectivity index (χ2v) is 9.66. The van der Waals surface area contributed by atoms with Crippen LogP contribution in [0.15, 0.2) is 99.2 Å². The Labute approximate surface area is 181 Å². The third-order valence-corrected chi connectivity index (χ3v) is 7.73. The van der Waals surface area contributed by atoms with Gasteiger partial charge in [0.15, 0.2) is 0 Å². The summed E-state index contributed by atoms with van der Waals surface area (Å²) in [6.07, 6.45) is 0. The SMILES string of the molecule is Clc1ccc2c(c1)Sc1ccccc1C21c2ccccc2-c2cc(Br)ccc21. The van der Waals surface area contributed by atoms with Gasteiger partial charge in [0.25, 0.3) is 0 Å². The van der Waals surface area contributed by atoms with Gasteiger partial charge in [-0.1, -0.05) is 93.9 Å². The largest absolute Gasteiger partial charge is 0.0894 e. The smallest absolute Gasteiger partial charge is 0.0735 e. The van der Waals surface area contributed by atoms with Crippen LogP contribution in [0.1, 0.15) is 22.3 Å². The van der Waals surface area contributed by atoms with Crippen LogP contribution in [0.25, 0.3) is 11.1 Å². The number of halogens is 2. The molecule has 1 unspecified atom stereocenters. The third-order valence-electron chi connectivity index (χ3n) is 5.87. The maximum absolute atomic E-state index is 6.40. The first-order chi connectivity index (χ1) is 13.7. The Morgan fingerprint density at radius 2 is 1.32 bits per heavy atom. The normalized spacial score (nSPS) is 18.4. The Balaban J connectivity index is 1.84. The van der Waals surface area contributed by atoms with Gasteiger partial charge in [-0.25, -0.2) is 0 Å². The Morgan fingerprint density at radius 3 is 2.21 bits per heavy atom. The molecular formula is C25H14BrClS. The third kappa shape index (κ3) is 2.09. The molecule has 0 amide bonds. The van der Waals surface area contributed by atoms with Crippen molar-refractivity contribution in [3.8, 4) is 11.1 Å². The van der Waals surface area contributed by atoms with Crippen LogP contribution in [-0.2, 0) is 5.41 Å². The molecular weight excluding hydrogens is 448 g/mol. The minimum atomic E-state index is -0.311. The highest BCUT2D eigenvalue weighted by Gasteiger charge is 2.50.